The molecule has 2 aromatic rings. The van der Waals surface area contributed by atoms with E-state index in [1.807, 2.05) is 49.9 Å². The number of carbonyl (C=O) groups is 1. The summed E-state index contributed by atoms with van der Waals surface area (Å²) in [6.07, 6.45) is 3.64. The number of hydrogen-bond donors (Lipinski definition) is 0. The molecule has 5 heteroatoms. The topological polar surface area (TPSA) is 48.0 Å². The maximum Gasteiger partial charge on any atom is 0.410 e. The summed E-state index contributed by atoms with van der Waals surface area (Å²) in [6, 6.07) is 16.4. The lowest BCUT2D eigenvalue weighted by atomic mass is 9.99. The lowest BCUT2D eigenvalue weighted by Gasteiger charge is -2.34. The molecule has 5 nitrogen and oxygen atoms in total. The Morgan fingerprint density at radius 1 is 1.10 bits per heavy atom. The first-order chi connectivity index (χ1) is 14.8. The van der Waals surface area contributed by atoms with Gasteiger partial charge in [-0.1, -0.05) is 30.3 Å². The minimum absolute atomic E-state index is 0.226. The number of para-hydroxylation sites is 1. The molecule has 0 spiro atoms. The molecule has 1 amide bonds. The Kier molecular flexibility index (Phi) is 7.83. The SMILES string of the molecule is COc1cccc(CCc2ccccc2OCC2CCCN(C(=O)OC(C)(C)C)C2)c1. The number of methoxy groups -OCH3 is 1. The molecule has 1 atom stereocenters. The lowest BCUT2D eigenvalue weighted by molar-refractivity contribution is 0.0139. The number of hydrogen-bond acceptors (Lipinski definition) is 4. The van der Waals surface area contributed by atoms with Crippen LogP contribution in [0, 0.1) is 5.92 Å². The molecule has 168 valence electrons. The van der Waals surface area contributed by atoms with Crippen molar-refractivity contribution in [2.45, 2.75) is 52.1 Å². The Morgan fingerprint density at radius 2 is 1.90 bits per heavy atom. The summed E-state index contributed by atoms with van der Waals surface area (Å²) < 4.78 is 17.1. The van der Waals surface area contributed by atoms with Gasteiger partial charge in [0.25, 0.3) is 0 Å². The number of amides is 1. The molecule has 0 N–H and O–H groups in total. The summed E-state index contributed by atoms with van der Waals surface area (Å²) in [5, 5.41) is 0. The van der Waals surface area contributed by atoms with Gasteiger partial charge in [-0.25, -0.2) is 4.79 Å². The minimum Gasteiger partial charge on any atom is -0.497 e. The molecule has 1 saturated heterocycles. The number of nitrogens with zero attached hydrogens (tertiary/aromatic N) is 1. The summed E-state index contributed by atoms with van der Waals surface area (Å²) in [5.41, 5.74) is 1.97. The first-order valence-corrected chi connectivity index (χ1v) is 11.2. The van der Waals surface area contributed by atoms with Crippen LogP contribution in [0.4, 0.5) is 4.79 Å². The molecule has 31 heavy (non-hydrogen) atoms. The van der Waals surface area contributed by atoms with E-state index >= 15 is 0 Å². The van der Waals surface area contributed by atoms with E-state index in [4.69, 9.17) is 14.2 Å². The number of aryl methyl sites for hydroxylation is 2. The van der Waals surface area contributed by atoms with Gasteiger partial charge in [0.1, 0.15) is 17.1 Å². The molecule has 1 aliphatic rings. The number of carbonyl (C=O) groups excluding carboxylic acids is 1. The van der Waals surface area contributed by atoms with Crippen molar-refractivity contribution < 1.29 is 19.0 Å². The van der Waals surface area contributed by atoms with Crippen LogP contribution in [0.2, 0.25) is 0 Å². The van der Waals surface area contributed by atoms with Crippen molar-refractivity contribution in [3.05, 3.63) is 59.7 Å². The van der Waals surface area contributed by atoms with E-state index in [2.05, 4.69) is 24.3 Å². The first kappa shape index (κ1) is 23.0. The zero-order valence-electron chi connectivity index (χ0n) is 19.2. The van der Waals surface area contributed by atoms with E-state index in [-0.39, 0.29) is 6.09 Å². The Morgan fingerprint density at radius 3 is 2.68 bits per heavy atom. The van der Waals surface area contributed by atoms with Crippen LogP contribution < -0.4 is 9.47 Å². The molecule has 0 bridgehead atoms. The van der Waals surface area contributed by atoms with Gasteiger partial charge in [0.05, 0.1) is 13.7 Å². The second-order valence-corrected chi connectivity index (χ2v) is 9.20. The van der Waals surface area contributed by atoms with Gasteiger partial charge in [-0.2, -0.15) is 0 Å². The van der Waals surface area contributed by atoms with Crippen LogP contribution in [0.25, 0.3) is 0 Å². The average molecular weight is 426 g/mol. The normalized spacial score (nSPS) is 16.6. The monoisotopic (exact) mass is 425 g/mol. The molecular formula is C26H35NO4. The predicted octanol–water partition coefficient (Wildman–Crippen LogP) is 5.51. The van der Waals surface area contributed by atoms with Crippen LogP contribution in [0.1, 0.15) is 44.7 Å². The highest BCUT2D eigenvalue weighted by atomic mass is 16.6. The van der Waals surface area contributed by atoms with Crippen molar-refractivity contribution in [3.63, 3.8) is 0 Å². The summed E-state index contributed by atoms with van der Waals surface area (Å²) in [5.74, 6) is 2.13. The third kappa shape index (κ3) is 7.20. The van der Waals surface area contributed by atoms with Gasteiger partial charge in [-0.05, 0) is 75.8 Å². The van der Waals surface area contributed by atoms with E-state index in [1.54, 1.807) is 7.11 Å². The highest BCUT2D eigenvalue weighted by Gasteiger charge is 2.28. The van der Waals surface area contributed by atoms with Gasteiger partial charge in [0.2, 0.25) is 0 Å². The van der Waals surface area contributed by atoms with Gasteiger partial charge in [0, 0.05) is 19.0 Å². The number of piperidine rings is 1. The summed E-state index contributed by atoms with van der Waals surface area (Å²) >= 11 is 0. The Hall–Kier alpha value is -2.69. The maximum absolute atomic E-state index is 12.4. The van der Waals surface area contributed by atoms with E-state index in [0.29, 0.717) is 19.1 Å². The minimum atomic E-state index is -0.470. The number of rotatable bonds is 7. The third-order valence-electron chi connectivity index (χ3n) is 5.43. The summed E-state index contributed by atoms with van der Waals surface area (Å²) in [7, 11) is 1.69. The Balaban J connectivity index is 1.55. The fourth-order valence-corrected chi connectivity index (χ4v) is 3.86. The maximum atomic E-state index is 12.4. The molecule has 0 aliphatic carbocycles. The molecule has 1 heterocycles. The van der Waals surface area contributed by atoms with Crippen molar-refractivity contribution in [2.75, 3.05) is 26.8 Å². The van der Waals surface area contributed by atoms with Crippen LogP contribution in [0.15, 0.2) is 48.5 Å². The molecule has 0 radical (unpaired) electrons. The summed E-state index contributed by atoms with van der Waals surface area (Å²) in [4.78, 5) is 14.2. The van der Waals surface area contributed by atoms with Gasteiger partial charge >= 0.3 is 6.09 Å². The average Bonchev–Trinajstić information content (AvgIpc) is 2.76. The van der Waals surface area contributed by atoms with E-state index < -0.39 is 5.60 Å². The molecule has 2 aromatic carbocycles. The van der Waals surface area contributed by atoms with Crippen molar-refractivity contribution in [3.8, 4) is 11.5 Å². The number of benzene rings is 2. The molecule has 0 aromatic heterocycles. The van der Waals surface area contributed by atoms with Crippen LogP contribution in [0.3, 0.4) is 0 Å². The van der Waals surface area contributed by atoms with Crippen molar-refractivity contribution >= 4 is 6.09 Å². The lowest BCUT2D eigenvalue weighted by Crippen LogP contribution is -2.44. The summed E-state index contributed by atoms with van der Waals surface area (Å²) in [6.45, 7) is 7.74. The zero-order valence-corrected chi connectivity index (χ0v) is 19.2. The van der Waals surface area contributed by atoms with Crippen molar-refractivity contribution in [2.24, 2.45) is 5.92 Å². The first-order valence-electron chi connectivity index (χ1n) is 11.2. The smallest absolute Gasteiger partial charge is 0.410 e. The van der Waals surface area contributed by atoms with Crippen LogP contribution in [-0.4, -0.2) is 43.4 Å². The number of ether oxygens (including phenoxy) is 3. The van der Waals surface area contributed by atoms with Gasteiger partial charge < -0.3 is 19.1 Å². The quantitative estimate of drug-likeness (QED) is 0.587. The largest absolute Gasteiger partial charge is 0.497 e. The van der Waals surface area contributed by atoms with Crippen LogP contribution >= 0.6 is 0 Å². The molecule has 0 saturated carbocycles. The van der Waals surface area contributed by atoms with Crippen molar-refractivity contribution in [1.82, 2.24) is 4.90 Å². The molecule has 3 rings (SSSR count). The fraction of sp³-hybridized carbons (Fsp3) is 0.500. The van der Waals surface area contributed by atoms with Gasteiger partial charge in [-0.15, -0.1) is 0 Å². The predicted molar refractivity (Wildman–Crippen MR) is 123 cm³/mol. The van der Waals surface area contributed by atoms with Gasteiger partial charge in [0.15, 0.2) is 0 Å². The van der Waals surface area contributed by atoms with Crippen molar-refractivity contribution in [1.29, 1.82) is 0 Å². The molecule has 1 fully saturated rings. The standard InChI is InChI=1S/C26H35NO4/c1-26(2,3)31-25(28)27-16-8-10-21(18-27)19-30-24-13-6-5-11-22(24)15-14-20-9-7-12-23(17-20)29-4/h5-7,9,11-13,17,21H,8,10,14-16,18-19H2,1-4H3. The highest BCUT2D eigenvalue weighted by Crippen LogP contribution is 2.24. The highest BCUT2D eigenvalue weighted by molar-refractivity contribution is 5.68. The second-order valence-electron chi connectivity index (χ2n) is 9.20. The van der Waals surface area contributed by atoms with E-state index in [1.165, 1.54) is 11.1 Å². The zero-order chi connectivity index (χ0) is 22.3. The molecular weight excluding hydrogens is 390 g/mol. The van der Waals surface area contributed by atoms with Crippen LogP contribution in [0.5, 0.6) is 11.5 Å². The molecule has 1 unspecified atom stereocenters. The van der Waals surface area contributed by atoms with Gasteiger partial charge in [-0.3, -0.25) is 0 Å². The fourth-order valence-electron chi connectivity index (χ4n) is 3.86. The van der Waals surface area contributed by atoms with E-state index in [9.17, 15) is 4.79 Å². The Labute approximate surface area is 186 Å². The van der Waals surface area contributed by atoms with Crippen LogP contribution in [-0.2, 0) is 17.6 Å². The third-order valence-corrected chi connectivity index (χ3v) is 5.43. The number of likely N-dealkylation sites (tertiary alicyclic amines) is 1. The van der Waals surface area contributed by atoms with E-state index in [0.717, 1.165) is 43.7 Å². The molecule has 1 aliphatic heterocycles. The second kappa shape index (κ2) is 10.6. The Bertz CT molecular complexity index is 858.